The van der Waals surface area contributed by atoms with Gasteiger partial charge in [-0.3, -0.25) is 0 Å². The van der Waals surface area contributed by atoms with Crippen LogP contribution >= 0.6 is 11.6 Å². The molecule has 1 aromatic carbocycles. The number of anilines is 2. The summed E-state index contributed by atoms with van der Waals surface area (Å²) in [5, 5.41) is 0.664. The van der Waals surface area contributed by atoms with E-state index in [4.69, 9.17) is 26.8 Å². The van der Waals surface area contributed by atoms with Gasteiger partial charge in [-0.2, -0.15) is 0 Å². The second kappa shape index (κ2) is 5.12. The van der Waals surface area contributed by atoms with Crippen molar-refractivity contribution < 1.29 is 9.47 Å². The first-order chi connectivity index (χ1) is 8.17. The molecule has 0 radical (unpaired) electrons. The Morgan fingerprint density at radius 3 is 2.29 bits per heavy atom. The van der Waals surface area contributed by atoms with Crippen LogP contribution in [0.15, 0.2) is 18.2 Å². The number of halogens is 1. The third kappa shape index (κ3) is 2.34. The number of benzene rings is 1. The molecule has 0 aliphatic carbocycles. The number of nitrogens with zero attached hydrogens (tertiary/aromatic N) is 1. The van der Waals surface area contributed by atoms with Crippen molar-refractivity contribution >= 4 is 23.0 Å². The Morgan fingerprint density at radius 2 is 1.82 bits per heavy atom. The van der Waals surface area contributed by atoms with Crippen LogP contribution in [0.4, 0.5) is 11.4 Å². The molecule has 1 heterocycles. The summed E-state index contributed by atoms with van der Waals surface area (Å²) >= 11 is 6.19. The maximum Gasteiger partial charge on any atom is 0.102 e. The summed E-state index contributed by atoms with van der Waals surface area (Å²) in [6.07, 6.45) is 0.103. The van der Waals surface area contributed by atoms with Crippen molar-refractivity contribution in [2.75, 3.05) is 37.9 Å². The number of nitrogens with two attached hydrogens (primary N) is 1. The predicted molar refractivity (Wildman–Crippen MR) is 69.7 cm³/mol. The lowest BCUT2D eigenvalue weighted by atomic mass is 10.2. The lowest BCUT2D eigenvalue weighted by Crippen LogP contribution is -2.27. The van der Waals surface area contributed by atoms with Crippen molar-refractivity contribution in [2.24, 2.45) is 0 Å². The Morgan fingerprint density at radius 1 is 1.24 bits per heavy atom. The molecule has 1 aromatic rings. The predicted octanol–water partition coefficient (Wildman–Crippen LogP) is 1.77. The van der Waals surface area contributed by atoms with E-state index in [1.165, 1.54) is 0 Å². The number of nitrogen functional groups attached to an aromatic ring is 1. The summed E-state index contributed by atoms with van der Waals surface area (Å²) in [5.74, 6) is 0. The van der Waals surface area contributed by atoms with Gasteiger partial charge in [0.2, 0.25) is 0 Å². The molecular formula is C12H17ClN2O2. The van der Waals surface area contributed by atoms with Gasteiger partial charge >= 0.3 is 0 Å². The van der Waals surface area contributed by atoms with Crippen molar-refractivity contribution in [2.45, 2.75) is 12.2 Å². The topological polar surface area (TPSA) is 47.7 Å². The number of ether oxygens (including phenoxy) is 2. The first-order valence-corrected chi connectivity index (χ1v) is 5.89. The third-order valence-corrected chi connectivity index (χ3v) is 3.46. The monoisotopic (exact) mass is 256 g/mol. The van der Waals surface area contributed by atoms with Crippen LogP contribution in [0.2, 0.25) is 5.02 Å². The molecular weight excluding hydrogens is 240 g/mol. The summed E-state index contributed by atoms with van der Waals surface area (Å²) < 4.78 is 10.8. The number of hydrogen-bond donors (Lipinski definition) is 1. The van der Waals surface area contributed by atoms with Crippen LogP contribution in [0.25, 0.3) is 0 Å². The van der Waals surface area contributed by atoms with E-state index in [9.17, 15) is 0 Å². The highest BCUT2D eigenvalue weighted by atomic mass is 35.5. The van der Waals surface area contributed by atoms with Gasteiger partial charge in [0, 0.05) is 27.3 Å². The van der Waals surface area contributed by atoms with Crippen molar-refractivity contribution in [1.82, 2.24) is 0 Å². The Kier molecular flexibility index (Phi) is 3.76. The van der Waals surface area contributed by atoms with E-state index in [2.05, 4.69) is 4.90 Å². The quantitative estimate of drug-likeness (QED) is 0.838. The number of methoxy groups -OCH3 is 2. The fourth-order valence-electron chi connectivity index (χ4n) is 2.24. The fourth-order valence-corrected chi connectivity index (χ4v) is 2.55. The van der Waals surface area contributed by atoms with Crippen LogP contribution in [-0.4, -0.2) is 39.5 Å². The minimum absolute atomic E-state index is 0.0515. The Balaban J connectivity index is 2.25. The molecule has 94 valence electrons. The van der Waals surface area contributed by atoms with Crippen LogP contribution in [0.1, 0.15) is 0 Å². The van der Waals surface area contributed by atoms with Crippen molar-refractivity contribution in [3.63, 3.8) is 0 Å². The van der Waals surface area contributed by atoms with Gasteiger partial charge in [0.25, 0.3) is 0 Å². The molecule has 2 atom stereocenters. The second-order valence-electron chi connectivity index (χ2n) is 4.13. The van der Waals surface area contributed by atoms with Gasteiger partial charge < -0.3 is 20.1 Å². The molecule has 0 spiro atoms. The molecule has 0 amide bonds. The van der Waals surface area contributed by atoms with E-state index < -0.39 is 0 Å². The third-order valence-electron chi connectivity index (χ3n) is 3.16. The smallest absolute Gasteiger partial charge is 0.102 e. The van der Waals surface area contributed by atoms with Gasteiger partial charge in [0.05, 0.1) is 16.4 Å². The van der Waals surface area contributed by atoms with Gasteiger partial charge in [-0.1, -0.05) is 17.7 Å². The van der Waals surface area contributed by atoms with Gasteiger partial charge in [0.15, 0.2) is 0 Å². The average molecular weight is 257 g/mol. The summed E-state index contributed by atoms with van der Waals surface area (Å²) in [5.41, 5.74) is 7.52. The molecule has 5 heteroatoms. The molecule has 2 unspecified atom stereocenters. The lowest BCUT2D eigenvalue weighted by molar-refractivity contribution is -0.00461. The second-order valence-corrected chi connectivity index (χ2v) is 4.54. The van der Waals surface area contributed by atoms with Gasteiger partial charge in [-0.25, -0.2) is 0 Å². The molecule has 1 fully saturated rings. The van der Waals surface area contributed by atoms with E-state index in [1.54, 1.807) is 14.2 Å². The Bertz CT molecular complexity index is 368. The molecule has 0 saturated carbocycles. The number of rotatable bonds is 3. The minimum Gasteiger partial charge on any atom is -0.397 e. The van der Waals surface area contributed by atoms with Crippen molar-refractivity contribution in [1.29, 1.82) is 0 Å². The Hall–Kier alpha value is -0.970. The summed E-state index contributed by atoms with van der Waals surface area (Å²) in [6.45, 7) is 1.48. The first kappa shape index (κ1) is 12.5. The van der Waals surface area contributed by atoms with Crippen LogP contribution in [0.3, 0.4) is 0 Å². The van der Waals surface area contributed by atoms with E-state index >= 15 is 0 Å². The van der Waals surface area contributed by atoms with E-state index in [0.717, 1.165) is 18.8 Å². The van der Waals surface area contributed by atoms with Gasteiger partial charge in [-0.05, 0) is 12.1 Å². The minimum atomic E-state index is 0.0515. The molecule has 0 bridgehead atoms. The van der Waals surface area contributed by atoms with Crippen molar-refractivity contribution in [3.8, 4) is 0 Å². The van der Waals surface area contributed by atoms with E-state index in [1.807, 2.05) is 18.2 Å². The lowest BCUT2D eigenvalue weighted by Gasteiger charge is -2.21. The molecule has 2 rings (SSSR count). The number of hydrogen-bond acceptors (Lipinski definition) is 4. The SMILES string of the molecule is COC1CN(c2c(N)cccc2Cl)CC1OC. The van der Waals surface area contributed by atoms with Crippen LogP contribution in [0.5, 0.6) is 0 Å². The maximum absolute atomic E-state index is 6.19. The molecule has 1 aliphatic rings. The van der Waals surface area contributed by atoms with E-state index in [0.29, 0.717) is 10.7 Å². The van der Waals surface area contributed by atoms with Crippen LogP contribution < -0.4 is 10.6 Å². The van der Waals surface area contributed by atoms with Gasteiger partial charge in [0.1, 0.15) is 12.2 Å². The Labute approximate surface area is 106 Å². The summed E-state index contributed by atoms with van der Waals surface area (Å²) in [7, 11) is 3.38. The highest BCUT2D eigenvalue weighted by Gasteiger charge is 2.34. The van der Waals surface area contributed by atoms with Crippen LogP contribution in [-0.2, 0) is 9.47 Å². The molecule has 2 N–H and O–H groups in total. The molecule has 17 heavy (non-hydrogen) atoms. The standard InChI is InChI=1S/C12H17ClN2O2/c1-16-10-6-15(7-11(10)17-2)12-8(13)4-3-5-9(12)14/h3-5,10-11H,6-7,14H2,1-2H3. The largest absolute Gasteiger partial charge is 0.397 e. The number of para-hydroxylation sites is 1. The normalized spacial score (nSPS) is 24.3. The van der Waals surface area contributed by atoms with Crippen molar-refractivity contribution in [3.05, 3.63) is 23.2 Å². The van der Waals surface area contributed by atoms with Gasteiger partial charge in [-0.15, -0.1) is 0 Å². The molecule has 0 aromatic heterocycles. The zero-order chi connectivity index (χ0) is 12.4. The maximum atomic E-state index is 6.19. The molecule has 4 nitrogen and oxygen atoms in total. The molecule has 1 saturated heterocycles. The average Bonchev–Trinajstić information content (AvgIpc) is 2.72. The van der Waals surface area contributed by atoms with Crippen LogP contribution in [0, 0.1) is 0 Å². The molecule has 1 aliphatic heterocycles. The van der Waals surface area contributed by atoms with E-state index in [-0.39, 0.29) is 12.2 Å². The summed E-state index contributed by atoms with van der Waals surface area (Å²) in [6, 6.07) is 5.54. The fraction of sp³-hybridized carbons (Fsp3) is 0.500. The first-order valence-electron chi connectivity index (χ1n) is 5.52. The zero-order valence-corrected chi connectivity index (χ0v) is 10.8. The summed E-state index contributed by atoms with van der Waals surface area (Å²) in [4.78, 5) is 2.11. The highest BCUT2D eigenvalue weighted by molar-refractivity contribution is 6.34. The highest BCUT2D eigenvalue weighted by Crippen LogP contribution is 2.34. The zero-order valence-electron chi connectivity index (χ0n) is 10.0.